The fourth-order valence-corrected chi connectivity index (χ4v) is 3.31. The van der Waals surface area contributed by atoms with Crippen molar-refractivity contribution in [1.82, 2.24) is 14.7 Å². The zero-order chi connectivity index (χ0) is 14.2. The Morgan fingerprint density at radius 1 is 1.10 bits per heavy atom. The standard InChI is InChI=1S/C17H17N3S/c1-21-14-5-2-12(3-6-14)13-4-7-17-19-15-8-9-18-10-16(15)20(17)11-13/h2-7,11,18H,8-10H2,1H3. The molecule has 3 aromatic rings. The van der Waals surface area contributed by atoms with Gasteiger partial charge in [-0.2, -0.15) is 0 Å². The van der Waals surface area contributed by atoms with Crippen LogP contribution in [0.5, 0.6) is 0 Å². The van der Waals surface area contributed by atoms with E-state index in [-0.39, 0.29) is 0 Å². The first-order valence-electron chi connectivity index (χ1n) is 7.20. The maximum atomic E-state index is 4.74. The first-order chi connectivity index (χ1) is 10.3. The van der Waals surface area contributed by atoms with Gasteiger partial charge in [-0.15, -0.1) is 11.8 Å². The molecule has 0 unspecified atom stereocenters. The molecule has 1 aromatic carbocycles. The quantitative estimate of drug-likeness (QED) is 0.735. The summed E-state index contributed by atoms with van der Waals surface area (Å²) in [6.07, 6.45) is 5.34. The highest BCUT2D eigenvalue weighted by Crippen LogP contribution is 2.25. The number of thioether (sulfide) groups is 1. The van der Waals surface area contributed by atoms with E-state index in [1.54, 1.807) is 11.8 Å². The molecule has 4 heteroatoms. The van der Waals surface area contributed by atoms with E-state index in [0.29, 0.717) is 0 Å². The molecule has 4 rings (SSSR count). The minimum Gasteiger partial charge on any atom is -0.311 e. The molecule has 0 saturated carbocycles. The third-order valence-corrected chi connectivity index (χ3v) is 4.80. The maximum Gasteiger partial charge on any atom is 0.137 e. The Morgan fingerprint density at radius 2 is 1.90 bits per heavy atom. The van der Waals surface area contributed by atoms with E-state index in [1.807, 2.05) is 0 Å². The molecule has 0 spiro atoms. The van der Waals surface area contributed by atoms with Gasteiger partial charge in [-0.1, -0.05) is 12.1 Å². The number of nitrogens with one attached hydrogen (secondary N) is 1. The topological polar surface area (TPSA) is 29.3 Å². The van der Waals surface area contributed by atoms with Crippen LogP contribution >= 0.6 is 11.8 Å². The van der Waals surface area contributed by atoms with E-state index in [1.165, 1.54) is 27.4 Å². The molecule has 1 aliphatic rings. The molecule has 0 amide bonds. The number of pyridine rings is 1. The van der Waals surface area contributed by atoms with Crippen LogP contribution in [0.1, 0.15) is 11.4 Å². The number of nitrogens with zero attached hydrogens (tertiary/aromatic N) is 2. The van der Waals surface area contributed by atoms with Gasteiger partial charge in [0.05, 0.1) is 11.4 Å². The lowest BCUT2D eigenvalue weighted by Gasteiger charge is -2.12. The molecule has 0 aliphatic carbocycles. The molecule has 3 nitrogen and oxygen atoms in total. The summed E-state index contributed by atoms with van der Waals surface area (Å²) in [6.45, 7) is 1.94. The molecule has 21 heavy (non-hydrogen) atoms. The fraction of sp³-hybridized carbons (Fsp3) is 0.235. The highest BCUT2D eigenvalue weighted by Gasteiger charge is 2.15. The summed E-state index contributed by atoms with van der Waals surface area (Å²) < 4.78 is 2.24. The lowest BCUT2D eigenvalue weighted by atomic mass is 10.1. The van der Waals surface area contributed by atoms with Gasteiger partial charge < -0.3 is 9.72 Å². The van der Waals surface area contributed by atoms with Crippen LogP contribution in [0.2, 0.25) is 0 Å². The van der Waals surface area contributed by atoms with Crippen molar-refractivity contribution in [2.45, 2.75) is 17.9 Å². The zero-order valence-electron chi connectivity index (χ0n) is 12.0. The van der Waals surface area contributed by atoms with Crippen molar-refractivity contribution in [3.8, 4) is 11.1 Å². The third-order valence-electron chi connectivity index (χ3n) is 4.05. The van der Waals surface area contributed by atoms with Gasteiger partial charge in [0.15, 0.2) is 0 Å². The third kappa shape index (κ3) is 2.24. The molecule has 1 N–H and O–H groups in total. The SMILES string of the molecule is CSc1ccc(-c2ccc3nc4c(n3c2)CNCC4)cc1. The molecular weight excluding hydrogens is 278 g/mol. The van der Waals surface area contributed by atoms with Crippen molar-refractivity contribution in [3.05, 3.63) is 54.0 Å². The van der Waals surface area contributed by atoms with Crippen LogP contribution < -0.4 is 5.32 Å². The van der Waals surface area contributed by atoms with E-state index in [4.69, 9.17) is 4.98 Å². The van der Waals surface area contributed by atoms with Gasteiger partial charge in [0.2, 0.25) is 0 Å². The van der Waals surface area contributed by atoms with Crippen LogP contribution in [0.25, 0.3) is 16.8 Å². The highest BCUT2D eigenvalue weighted by atomic mass is 32.2. The van der Waals surface area contributed by atoms with Crippen molar-refractivity contribution in [2.24, 2.45) is 0 Å². The molecular formula is C17H17N3S. The molecule has 0 fully saturated rings. The Bertz CT molecular complexity index is 790. The van der Waals surface area contributed by atoms with Crippen molar-refractivity contribution >= 4 is 17.4 Å². The lowest BCUT2D eigenvalue weighted by Crippen LogP contribution is -2.24. The minimum atomic E-state index is 0.908. The summed E-state index contributed by atoms with van der Waals surface area (Å²) in [6, 6.07) is 13.0. The molecule has 106 valence electrons. The van der Waals surface area contributed by atoms with Gasteiger partial charge in [-0.05, 0) is 41.6 Å². The van der Waals surface area contributed by atoms with Gasteiger partial charge >= 0.3 is 0 Å². The molecule has 1 aliphatic heterocycles. The Kier molecular flexibility index (Phi) is 3.20. The minimum absolute atomic E-state index is 0.908. The van der Waals surface area contributed by atoms with Crippen molar-refractivity contribution in [2.75, 3.05) is 12.8 Å². The Balaban J connectivity index is 1.82. The van der Waals surface area contributed by atoms with Crippen LogP contribution in [0.4, 0.5) is 0 Å². The monoisotopic (exact) mass is 295 g/mol. The summed E-state index contributed by atoms with van der Waals surface area (Å²) in [5.41, 5.74) is 6.08. The highest BCUT2D eigenvalue weighted by molar-refractivity contribution is 7.98. The molecule has 3 heterocycles. The van der Waals surface area contributed by atoms with Crippen molar-refractivity contribution < 1.29 is 0 Å². The second kappa shape index (κ2) is 5.20. The van der Waals surface area contributed by atoms with E-state index >= 15 is 0 Å². The lowest BCUT2D eigenvalue weighted by molar-refractivity contribution is 0.621. The molecule has 0 bridgehead atoms. The summed E-state index contributed by atoms with van der Waals surface area (Å²) >= 11 is 1.77. The largest absolute Gasteiger partial charge is 0.311 e. The number of rotatable bonds is 2. The Morgan fingerprint density at radius 3 is 2.71 bits per heavy atom. The summed E-state index contributed by atoms with van der Waals surface area (Å²) in [5, 5.41) is 3.43. The number of fused-ring (bicyclic) bond motifs is 3. The van der Waals surface area contributed by atoms with Crippen molar-refractivity contribution in [1.29, 1.82) is 0 Å². The van der Waals surface area contributed by atoms with Crippen LogP contribution in [0, 0.1) is 0 Å². The Labute approximate surface area is 128 Å². The number of aromatic nitrogens is 2. The molecule has 0 radical (unpaired) electrons. The van der Waals surface area contributed by atoms with Gasteiger partial charge in [0.1, 0.15) is 5.65 Å². The molecule has 0 saturated heterocycles. The van der Waals surface area contributed by atoms with E-state index in [2.05, 4.69) is 58.6 Å². The smallest absolute Gasteiger partial charge is 0.137 e. The van der Waals surface area contributed by atoms with E-state index in [0.717, 1.165) is 25.2 Å². The number of imidazole rings is 1. The number of benzene rings is 1. The van der Waals surface area contributed by atoms with Crippen LogP contribution in [-0.4, -0.2) is 22.2 Å². The number of hydrogen-bond acceptors (Lipinski definition) is 3. The fourth-order valence-electron chi connectivity index (χ4n) is 2.90. The van der Waals surface area contributed by atoms with E-state index < -0.39 is 0 Å². The second-order valence-electron chi connectivity index (χ2n) is 5.31. The average molecular weight is 295 g/mol. The van der Waals surface area contributed by atoms with Crippen LogP contribution in [0.15, 0.2) is 47.5 Å². The Hall–Kier alpha value is -1.78. The maximum absolute atomic E-state index is 4.74. The summed E-state index contributed by atoms with van der Waals surface area (Å²) in [4.78, 5) is 6.03. The van der Waals surface area contributed by atoms with Gasteiger partial charge in [0.25, 0.3) is 0 Å². The van der Waals surface area contributed by atoms with Gasteiger partial charge in [-0.25, -0.2) is 4.98 Å². The molecule has 2 aromatic heterocycles. The number of hydrogen-bond donors (Lipinski definition) is 1. The predicted octanol–water partition coefficient (Wildman–Crippen LogP) is 3.37. The summed E-state index contributed by atoms with van der Waals surface area (Å²) in [5.74, 6) is 0. The first kappa shape index (κ1) is 12.9. The van der Waals surface area contributed by atoms with E-state index in [9.17, 15) is 0 Å². The van der Waals surface area contributed by atoms with Crippen LogP contribution in [0.3, 0.4) is 0 Å². The second-order valence-corrected chi connectivity index (χ2v) is 6.19. The van der Waals surface area contributed by atoms with Crippen LogP contribution in [-0.2, 0) is 13.0 Å². The first-order valence-corrected chi connectivity index (χ1v) is 8.42. The average Bonchev–Trinajstić information content (AvgIpc) is 2.93. The normalized spacial score (nSPS) is 14.3. The van der Waals surface area contributed by atoms with Gasteiger partial charge in [0, 0.05) is 30.6 Å². The van der Waals surface area contributed by atoms with Crippen molar-refractivity contribution in [3.63, 3.8) is 0 Å². The van der Waals surface area contributed by atoms with Gasteiger partial charge in [-0.3, -0.25) is 0 Å². The summed E-state index contributed by atoms with van der Waals surface area (Å²) in [7, 11) is 0. The zero-order valence-corrected chi connectivity index (χ0v) is 12.8. The predicted molar refractivity (Wildman–Crippen MR) is 87.8 cm³/mol. The molecule has 0 atom stereocenters.